The monoisotopic (exact) mass is 294 g/mol. The molecular formula is C14H18N2O3S. The number of hydrogen-bond donors (Lipinski definition) is 1. The zero-order chi connectivity index (χ0) is 14.8. The van der Waals surface area contributed by atoms with Crippen LogP contribution in [-0.4, -0.2) is 20.1 Å². The average molecular weight is 294 g/mol. The topological polar surface area (TPSA) is 60.3 Å². The van der Waals surface area contributed by atoms with Crippen molar-refractivity contribution in [3.05, 3.63) is 47.8 Å². The highest BCUT2D eigenvalue weighted by Crippen LogP contribution is 2.16. The summed E-state index contributed by atoms with van der Waals surface area (Å²) in [6, 6.07) is 10.2. The molecule has 5 nitrogen and oxygen atoms in total. The van der Waals surface area contributed by atoms with E-state index in [1.54, 1.807) is 19.2 Å². The molecule has 0 spiro atoms. The molecule has 1 heterocycles. The summed E-state index contributed by atoms with van der Waals surface area (Å²) >= 11 is 0. The second-order valence-electron chi connectivity index (χ2n) is 4.53. The first-order chi connectivity index (χ1) is 9.44. The minimum Gasteiger partial charge on any atom is -0.497 e. The van der Waals surface area contributed by atoms with Gasteiger partial charge in [0.05, 0.1) is 18.6 Å². The minimum absolute atomic E-state index is 0.226. The number of nitrogens with one attached hydrogen (secondary N) is 1. The normalized spacial score (nSPS) is 11.6. The van der Waals surface area contributed by atoms with Gasteiger partial charge in [-0.1, -0.05) is 0 Å². The Bertz CT molecular complexity index is 688. The van der Waals surface area contributed by atoms with Crippen molar-refractivity contribution in [3.63, 3.8) is 0 Å². The quantitative estimate of drug-likeness (QED) is 0.915. The van der Waals surface area contributed by atoms with Crippen LogP contribution in [0.25, 0.3) is 0 Å². The Hall–Kier alpha value is -1.79. The van der Waals surface area contributed by atoms with Gasteiger partial charge in [0.2, 0.25) is 10.0 Å². The highest BCUT2D eigenvalue weighted by molar-refractivity contribution is 7.89. The minimum atomic E-state index is -3.51. The maximum atomic E-state index is 12.2. The second-order valence-corrected chi connectivity index (χ2v) is 6.29. The Morgan fingerprint density at radius 1 is 1.15 bits per heavy atom. The predicted octanol–water partition coefficient (Wildman–Crippen LogP) is 1.82. The van der Waals surface area contributed by atoms with Crippen molar-refractivity contribution < 1.29 is 13.2 Å². The molecule has 0 saturated heterocycles. The van der Waals surface area contributed by atoms with Crippen LogP contribution in [0.2, 0.25) is 0 Å². The molecule has 0 radical (unpaired) electrons. The van der Waals surface area contributed by atoms with E-state index in [0.717, 1.165) is 11.4 Å². The lowest BCUT2D eigenvalue weighted by Crippen LogP contribution is -2.24. The summed E-state index contributed by atoms with van der Waals surface area (Å²) < 4.78 is 33.9. The van der Waals surface area contributed by atoms with Crippen LogP contribution in [0.1, 0.15) is 11.4 Å². The Balaban J connectivity index is 2.12. The fourth-order valence-corrected chi connectivity index (χ4v) is 2.85. The van der Waals surface area contributed by atoms with Gasteiger partial charge in [-0.25, -0.2) is 13.1 Å². The van der Waals surface area contributed by atoms with Crippen LogP contribution in [0.15, 0.2) is 41.3 Å². The third-order valence-corrected chi connectivity index (χ3v) is 4.71. The fraction of sp³-hybridized carbons (Fsp3) is 0.286. The molecule has 0 aliphatic carbocycles. The maximum Gasteiger partial charge on any atom is 0.240 e. The molecular weight excluding hydrogens is 276 g/mol. The van der Waals surface area contributed by atoms with E-state index in [9.17, 15) is 8.42 Å². The van der Waals surface area contributed by atoms with Crippen molar-refractivity contribution in [1.29, 1.82) is 0 Å². The predicted molar refractivity (Wildman–Crippen MR) is 77.2 cm³/mol. The molecule has 108 valence electrons. The van der Waals surface area contributed by atoms with E-state index in [4.69, 9.17) is 4.74 Å². The smallest absolute Gasteiger partial charge is 0.240 e. The molecule has 2 rings (SSSR count). The van der Waals surface area contributed by atoms with Crippen LogP contribution in [0.3, 0.4) is 0 Å². The average Bonchev–Trinajstić information content (AvgIpc) is 2.77. The Labute approximate surface area is 119 Å². The number of nitrogens with zero attached hydrogens (tertiary/aromatic N) is 1. The highest BCUT2D eigenvalue weighted by atomic mass is 32.2. The van der Waals surface area contributed by atoms with E-state index >= 15 is 0 Å². The third kappa shape index (κ3) is 3.02. The van der Waals surface area contributed by atoms with Crippen LogP contribution >= 0.6 is 0 Å². The van der Waals surface area contributed by atoms with Gasteiger partial charge in [0.15, 0.2) is 0 Å². The molecule has 0 saturated carbocycles. The number of methoxy groups -OCH3 is 1. The lowest BCUT2D eigenvalue weighted by molar-refractivity contribution is 0.414. The van der Waals surface area contributed by atoms with E-state index in [-0.39, 0.29) is 11.4 Å². The number of ether oxygens (including phenoxy) is 1. The van der Waals surface area contributed by atoms with E-state index in [1.807, 2.05) is 30.7 Å². The molecule has 6 heteroatoms. The van der Waals surface area contributed by atoms with Crippen molar-refractivity contribution in [2.75, 3.05) is 7.11 Å². The SMILES string of the molecule is COc1ccc(S(=O)(=O)NCc2ccc(C)n2C)cc1. The first-order valence-corrected chi connectivity index (χ1v) is 7.67. The zero-order valence-corrected chi connectivity index (χ0v) is 12.6. The summed E-state index contributed by atoms with van der Waals surface area (Å²) in [5, 5.41) is 0. The zero-order valence-electron chi connectivity index (χ0n) is 11.8. The lowest BCUT2D eigenvalue weighted by atomic mass is 10.3. The number of sulfonamides is 1. The molecule has 0 amide bonds. The molecule has 1 aromatic heterocycles. The van der Waals surface area contributed by atoms with Gasteiger partial charge in [-0.05, 0) is 43.3 Å². The van der Waals surface area contributed by atoms with Crippen molar-refractivity contribution in [3.8, 4) is 5.75 Å². The van der Waals surface area contributed by atoms with E-state index in [2.05, 4.69) is 4.72 Å². The summed E-state index contributed by atoms with van der Waals surface area (Å²) in [7, 11) is -0.0596. The summed E-state index contributed by atoms with van der Waals surface area (Å²) in [5.74, 6) is 0.627. The molecule has 20 heavy (non-hydrogen) atoms. The number of benzene rings is 1. The summed E-state index contributed by atoms with van der Waals surface area (Å²) in [5.41, 5.74) is 2.00. The Kier molecular flexibility index (Phi) is 4.15. The first-order valence-electron chi connectivity index (χ1n) is 6.19. The van der Waals surface area contributed by atoms with Crippen molar-refractivity contribution in [2.24, 2.45) is 7.05 Å². The molecule has 0 fully saturated rings. The molecule has 1 N–H and O–H groups in total. The van der Waals surface area contributed by atoms with Crippen LogP contribution in [-0.2, 0) is 23.6 Å². The van der Waals surface area contributed by atoms with Crippen molar-refractivity contribution >= 4 is 10.0 Å². The summed E-state index contributed by atoms with van der Waals surface area (Å²) in [4.78, 5) is 0.226. The largest absolute Gasteiger partial charge is 0.497 e. The molecule has 0 atom stereocenters. The van der Waals surface area contributed by atoms with Gasteiger partial charge in [0, 0.05) is 18.4 Å². The van der Waals surface area contributed by atoms with Crippen LogP contribution in [0, 0.1) is 6.92 Å². The molecule has 0 aliphatic heterocycles. The van der Waals surface area contributed by atoms with Crippen molar-refractivity contribution in [2.45, 2.75) is 18.4 Å². The van der Waals surface area contributed by atoms with E-state index in [1.165, 1.54) is 12.1 Å². The van der Waals surface area contributed by atoms with Gasteiger partial charge in [-0.2, -0.15) is 0 Å². The van der Waals surface area contributed by atoms with Crippen LogP contribution in [0.4, 0.5) is 0 Å². The number of hydrogen-bond acceptors (Lipinski definition) is 3. The molecule has 0 bridgehead atoms. The molecule has 1 aromatic carbocycles. The Morgan fingerprint density at radius 3 is 2.30 bits per heavy atom. The van der Waals surface area contributed by atoms with Gasteiger partial charge in [0.25, 0.3) is 0 Å². The van der Waals surface area contributed by atoms with Crippen LogP contribution < -0.4 is 9.46 Å². The third-order valence-electron chi connectivity index (χ3n) is 3.29. The van der Waals surface area contributed by atoms with Crippen LogP contribution in [0.5, 0.6) is 5.75 Å². The molecule has 0 unspecified atom stereocenters. The van der Waals surface area contributed by atoms with E-state index in [0.29, 0.717) is 5.75 Å². The first kappa shape index (κ1) is 14.6. The number of rotatable bonds is 5. The standard InChI is InChI=1S/C14H18N2O3S/c1-11-4-5-12(16(11)2)10-15-20(17,18)14-8-6-13(19-3)7-9-14/h4-9,15H,10H2,1-3H3. The molecule has 2 aromatic rings. The van der Waals surface area contributed by atoms with Gasteiger partial charge in [-0.15, -0.1) is 0 Å². The highest BCUT2D eigenvalue weighted by Gasteiger charge is 2.14. The lowest BCUT2D eigenvalue weighted by Gasteiger charge is -2.09. The molecule has 0 aliphatic rings. The maximum absolute atomic E-state index is 12.2. The summed E-state index contributed by atoms with van der Waals surface area (Å²) in [6.45, 7) is 2.24. The van der Waals surface area contributed by atoms with Gasteiger partial charge >= 0.3 is 0 Å². The fourth-order valence-electron chi connectivity index (χ4n) is 1.85. The Morgan fingerprint density at radius 2 is 1.80 bits per heavy atom. The second kappa shape index (κ2) is 5.68. The summed E-state index contributed by atoms with van der Waals surface area (Å²) in [6.07, 6.45) is 0. The van der Waals surface area contributed by atoms with E-state index < -0.39 is 10.0 Å². The van der Waals surface area contributed by atoms with Gasteiger partial charge < -0.3 is 9.30 Å². The van der Waals surface area contributed by atoms with Gasteiger partial charge in [-0.3, -0.25) is 0 Å². The number of aryl methyl sites for hydroxylation is 1. The van der Waals surface area contributed by atoms with Gasteiger partial charge in [0.1, 0.15) is 5.75 Å². The number of aromatic nitrogens is 1. The van der Waals surface area contributed by atoms with Crippen molar-refractivity contribution in [1.82, 2.24) is 9.29 Å².